The van der Waals surface area contributed by atoms with E-state index in [2.05, 4.69) is 12.6 Å². The fourth-order valence-corrected chi connectivity index (χ4v) is 1.05. The average molecular weight is 185 g/mol. The smallest absolute Gasteiger partial charge is 0.274 e. The first kappa shape index (κ1) is 8.86. The Labute approximate surface area is 74.7 Å². The molecule has 0 radical (unpaired) electrons. The topological polar surface area (TPSA) is 52.4 Å². The third-order valence-corrected chi connectivity index (χ3v) is 1.58. The number of non-ortho nitro benzene ring substituents is 1. The van der Waals surface area contributed by atoms with E-state index in [1.807, 2.05) is 0 Å². The number of thiol groups is 1. The minimum absolute atomic E-state index is 0.0145. The van der Waals surface area contributed by atoms with E-state index >= 15 is 0 Å². The summed E-state index contributed by atoms with van der Waals surface area (Å²) in [6.07, 6.45) is 0. The lowest BCUT2D eigenvalue weighted by Gasteiger charge is -1.99. The predicted octanol–water partition coefficient (Wildman–Crippen LogP) is 1.89. The SMILES string of the molecule is COc1cc(S)cc([N+](=O)[O-])c1. The normalized spacial score (nSPS) is 9.50. The maximum atomic E-state index is 10.3. The van der Waals surface area contributed by atoms with Gasteiger partial charge in [-0.2, -0.15) is 0 Å². The Kier molecular flexibility index (Phi) is 2.54. The molecule has 1 aromatic rings. The number of rotatable bonds is 2. The zero-order valence-electron chi connectivity index (χ0n) is 6.35. The lowest BCUT2D eigenvalue weighted by molar-refractivity contribution is -0.385. The molecule has 0 unspecified atom stereocenters. The van der Waals surface area contributed by atoms with Gasteiger partial charge in [-0.25, -0.2) is 0 Å². The summed E-state index contributed by atoms with van der Waals surface area (Å²) in [6, 6.07) is 4.32. The molecule has 4 nitrogen and oxygen atoms in total. The van der Waals surface area contributed by atoms with E-state index in [9.17, 15) is 10.1 Å². The maximum absolute atomic E-state index is 10.3. The van der Waals surface area contributed by atoms with E-state index < -0.39 is 4.92 Å². The van der Waals surface area contributed by atoms with Crippen molar-refractivity contribution < 1.29 is 9.66 Å². The van der Waals surface area contributed by atoms with E-state index in [0.717, 1.165) is 0 Å². The third-order valence-electron chi connectivity index (χ3n) is 1.32. The molecule has 0 aliphatic heterocycles. The highest BCUT2D eigenvalue weighted by Gasteiger charge is 2.07. The van der Waals surface area contributed by atoms with E-state index in [1.54, 1.807) is 6.07 Å². The van der Waals surface area contributed by atoms with Crippen LogP contribution in [0.4, 0.5) is 5.69 Å². The van der Waals surface area contributed by atoms with Gasteiger partial charge in [0.15, 0.2) is 0 Å². The number of hydrogen-bond donors (Lipinski definition) is 1. The molecule has 0 saturated heterocycles. The molecule has 1 rings (SSSR count). The second kappa shape index (κ2) is 3.44. The van der Waals surface area contributed by atoms with Crippen molar-refractivity contribution in [3.05, 3.63) is 28.3 Å². The van der Waals surface area contributed by atoms with Crippen molar-refractivity contribution in [3.8, 4) is 5.75 Å². The molecule has 0 amide bonds. The van der Waals surface area contributed by atoms with Crippen LogP contribution < -0.4 is 4.74 Å². The highest BCUT2D eigenvalue weighted by atomic mass is 32.1. The zero-order chi connectivity index (χ0) is 9.14. The summed E-state index contributed by atoms with van der Waals surface area (Å²) in [6.45, 7) is 0. The quantitative estimate of drug-likeness (QED) is 0.435. The van der Waals surface area contributed by atoms with Gasteiger partial charge in [0.25, 0.3) is 5.69 Å². The number of benzene rings is 1. The molecular weight excluding hydrogens is 178 g/mol. The molecule has 0 N–H and O–H groups in total. The summed E-state index contributed by atoms with van der Waals surface area (Å²) in [4.78, 5) is 10.4. The lowest BCUT2D eigenvalue weighted by atomic mass is 10.3. The molecule has 0 saturated carbocycles. The molecule has 0 aliphatic carbocycles. The van der Waals surface area contributed by atoms with Crippen LogP contribution in [0.2, 0.25) is 0 Å². The molecule has 0 spiro atoms. The van der Waals surface area contributed by atoms with Gasteiger partial charge in [0, 0.05) is 11.0 Å². The molecule has 0 aromatic heterocycles. The Morgan fingerprint density at radius 1 is 1.50 bits per heavy atom. The van der Waals surface area contributed by atoms with Gasteiger partial charge in [-0.05, 0) is 6.07 Å². The second-order valence-electron chi connectivity index (χ2n) is 2.15. The van der Waals surface area contributed by atoms with Crippen molar-refractivity contribution in [2.45, 2.75) is 4.90 Å². The number of nitro benzene ring substituents is 1. The Balaban J connectivity index is 3.15. The van der Waals surface area contributed by atoms with Gasteiger partial charge < -0.3 is 4.74 Å². The van der Waals surface area contributed by atoms with Gasteiger partial charge in [0.2, 0.25) is 0 Å². The van der Waals surface area contributed by atoms with Crippen molar-refractivity contribution in [2.75, 3.05) is 7.11 Å². The van der Waals surface area contributed by atoms with Crippen LogP contribution in [0.15, 0.2) is 23.1 Å². The van der Waals surface area contributed by atoms with E-state index in [4.69, 9.17) is 4.74 Å². The second-order valence-corrected chi connectivity index (χ2v) is 2.66. The van der Waals surface area contributed by atoms with Crippen LogP contribution in [0.1, 0.15) is 0 Å². The van der Waals surface area contributed by atoms with Gasteiger partial charge in [-0.3, -0.25) is 10.1 Å². The van der Waals surface area contributed by atoms with Gasteiger partial charge in [-0.1, -0.05) is 0 Å². The van der Waals surface area contributed by atoms with Gasteiger partial charge in [0.1, 0.15) is 5.75 Å². The minimum Gasteiger partial charge on any atom is -0.496 e. The number of methoxy groups -OCH3 is 1. The number of ether oxygens (including phenoxy) is 1. The van der Waals surface area contributed by atoms with Crippen molar-refractivity contribution in [2.24, 2.45) is 0 Å². The molecule has 0 heterocycles. The molecule has 0 atom stereocenters. The Hall–Kier alpha value is -1.23. The number of hydrogen-bond acceptors (Lipinski definition) is 4. The molecule has 1 aromatic carbocycles. The van der Waals surface area contributed by atoms with Crippen LogP contribution in [0, 0.1) is 10.1 Å². The molecule has 0 bridgehead atoms. The molecular formula is C7H7NO3S. The molecule has 0 aliphatic rings. The van der Waals surface area contributed by atoms with Gasteiger partial charge in [-0.15, -0.1) is 12.6 Å². The maximum Gasteiger partial charge on any atom is 0.274 e. The van der Waals surface area contributed by atoms with E-state index in [-0.39, 0.29) is 5.69 Å². The van der Waals surface area contributed by atoms with Crippen LogP contribution in [-0.2, 0) is 0 Å². The summed E-state index contributed by atoms with van der Waals surface area (Å²) < 4.78 is 4.83. The highest BCUT2D eigenvalue weighted by molar-refractivity contribution is 7.80. The van der Waals surface area contributed by atoms with Crippen LogP contribution in [0.3, 0.4) is 0 Å². The first-order valence-electron chi connectivity index (χ1n) is 3.16. The van der Waals surface area contributed by atoms with Crippen LogP contribution >= 0.6 is 12.6 Å². The molecule has 5 heteroatoms. The lowest BCUT2D eigenvalue weighted by Crippen LogP contribution is -1.89. The molecule has 0 fully saturated rings. The van der Waals surface area contributed by atoms with Crippen LogP contribution in [-0.4, -0.2) is 12.0 Å². The standard InChI is InChI=1S/C7H7NO3S/c1-11-6-2-5(8(9)10)3-7(12)4-6/h2-4,12H,1H3. The summed E-state index contributed by atoms with van der Waals surface area (Å²) in [5.41, 5.74) is -0.0145. The Morgan fingerprint density at radius 3 is 2.67 bits per heavy atom. The van der Waals surface area contributed by atoms with E-state index in [1.165, 1.54) is 19.2 Å². The van der Waals surface area contributed by atoms with Gasteiger partial charge >= 0.3 is 0 Å². The van der Waals surface area contributed by atoms with Crippen molar-refractivity contribution in [3.63, 3.8) is 0 Å². The Bertz CT molecular complexity index is 314. The van der Waals surface area contributed by atoms with Crippen molar-refractivity contribution >= 4 is 18.3 Å². The van der Waals surface area contributed by atoms with E-state index in [0.29, 0.717) is 10.6 Å². The third kappa shape index (κ3) is 1.88. The zero-order valence-corrected chi connectivity index (χ0v) is 7.25. The predicted molar refractivity (Wildman–Crippen MR) is 46.9 cm³/mol. The highest BCUT2D eigenvalue weighted by Crippen LogP contribution is 2.24. The number of nitrogens with zero attached hydrogens (tertiary/aromatic N) is 1. The summed E-state index contributed by atoms with van der Waals surface area (Å²) >= 11 is 3.99. The fraction of sp³-hybridized carbons (Fsp3) is 0.143. The minimum atomic E-state index is -0.484. The monoisotopic (exact) mass is 185 g/mol. The van der Waals surface area contributed by atoms with Crippen molar-refractivity contribution in [1.82, 2.24) is 0 Å². The number of nitro groups is 1. The fourth-order valence-electron chi connectivity index (χ4n) is 0.791. The largest absolute Gasteiger partial charge is 0.496 e. The van der Waals surface area contributed by atoms with Crippen molar-refractivity contribution in [1.29, 1.82) is 0 Å². The summed E-state index contributed by atoms with van der Waals surface area (Å²) in [5, 5.41) is 10.3. The van der Waals surface area contributed by atoms with Gasteiger partial charge in [0.05, 0.1) is 18.1 Å². The molecule has 64 valence electrons. The summed E-state index contributed by atoms with van der Waals surface area (Å²) in [5.74, 6) is 0.439. The molecule has 12 heavy (non-hydrogen) atoms. The van der Waals surface area contributed by atoms with Crippen LogP contribution in [0.5, 0.6) is 5.75 Å². The summed E-state index contributed by atoms with van der Waals surface area (Å²) in [7, 11) is 1.45. The Morgan fingerprint density at radius 2 is 2.17 bits per heavy atom. The first-order valence-corrected chi connectivity index (χ1v) is 3.60. The first-order chi connectivity index (χ1) is 5.63. The average Bonchev–Trinajstić information content (AvgIpc) is 2.03. The van der Waals surface area contributed by atoms with Crippen LogP contribution in [0.25, 0.3) is 0 Å².